The summed E-state index contributed by atoms with van der Waals surface area (Å²) in [5, 5.41) is 10.7. The smallest absolute Gasteiger partial charge is 0.330 e. The molecule has 1 N–H and O–H groups in total. The van der Waals surface area contributed by atoms with E-state index in [1.165, 1.54) is 19.0 Å². The van der Waals surface area contributed by atoms with Crippen LogP contribution < -0.4 is 9.47 Å². The van der Waals surface area contributed by atoms with Crippen molar-refractivity contribution in [3.8, 4) is 11.5 Å². The number of carbonyl (C=O) groups excluding carboxylic acids is 2. The second-order valence-electron chi connectivity index (χ2n) is 6.36. The lowest BCUT2D eigenvalue weighted by Gasteiger charge is -2.36. The predicted molar refractivity (Wildman–Crippen MR) is 104 cm³/mol. The molecule has 0 spiro atoms. The molecule has 1 aliphatic heterocycles. The van der Waals surface area contributed by atoms with Gasteiger partial charge in [0.25, 0.3) is 5.91 Å². The molecule has 7 nitrogen and oxygen atoms in total. The van der Waals surface area contributed by atoms with Crippen LogP contribution in [0.4, 0.5) is 4.79 Å². The van der Waals surface area contributed by atoms with Gasteiger partial charge in [0.15, 0.2) is 6.10 Å². The third kappa shape index (κ3) is 3.32. The highest BCUT2D eigenvalue weighted by atomic mass is 16.5. The van der Waals surface area contributed by atoms with E-state index in [1.807, 2.05) is 24.3 Å². The minimum Gasteiger partial charge on any atom is -0.497 e. The number of hydrogen-bond acceptors (Lipinski definition) is 5. The molecule has 1 saturated heterocycles. The van der Waals surface area contributed by atoms with E-state index in [-0.39, 0.29) is 5.70 Å². The van der Waals surface area contributed by atoms with Gasteiger partial charge in [-0.3, -0.25) is 14.6 Å². The van der Waals surface area contributed by atoms with Crippen LogP contribution in [-0.2, 0) is 4.79 Å². The monoisotopic (exact) mass is 382 g/mol. The summed E-state index contributed by atoms with van der Waals surface area (Å²) >= 11 is 0. The minimum atomic E-state index is -1.47. The molecule has 146 valence electrons. The van der Waals surface area contributed by atoms with Crippen LogP contribution in [0.15, 0.2) is 54.2 Å². The Morgan fingerprint density at radius 2 is 1.25 bits per heavy atom. The lowest BCUT2D eigenvalue weighted by atomic mass is 9.92. The maximum Gasteiger partial charge on any atom is 0.330 e. The lowest BCUT2D eigenvalue weighted by molar-refractivity contribution is -0.137. The fourth-order valence-corrected chi connectivity index (χ4v) is 3.19. The van der Waals surface area contributed by atoms with E-state index >= 15 is 0 Å². The summed E-state index contributed by atoms with van der Waals surface area (Å²) in [4.78, 5) is 27.1. The van der Waals surface area contributed by atoms with Crippen molar-refractivity contribution >= 4 is 17.5 Å². The normalized spacial score (nSPS) is 17.0. The first-order valence-corrected chi connectivity index (χ1v) is 8.65. The van der Waals surface area contributed by atoms with E-state index in [9.17, 15) is 14.7 Å². The molecule has 1 fully saturated rings. The molecule has 0 bridgehead atoms. The molecule has 28 heavy (non-hydrogen) atoms. The van der Waals surface area contributed by atoms with Crippen molar-refractivity contribution in [2.75, 3.05) is 28.3 Å². The number of benzene rings is 2. The number of likely N-dealkylation sites (N-methyl/N-ethyl adjacent to an activating group) is 2. The van der Waals surface area contributed by atoms with E-state index in [1.54, 1.807) is 38.5 Å². The van der Waals surface area contributed by atoms with E-state index < -0.39 is 18.0 Å². The molecule has 0 radical (unpaired) electrons. The van der Waals surface area contributed by atoms with Gasteiger partial charge in [0.1, 0.15) is 11.5 Å². The van der Waals surface area contributed by atoms with Gasteiger partial charge in [0.2, 0.25) is 0 Å². The molecular formula is C21H22N2O5. The first-order valence-electron chi connectivity index (χ1n) is 8.65. The maximum atomic E-state index is 12.5. The van der Waals surface area contributed by atoms with Crippen molar-refractivity contribution < 1.29 is 24.2 Å². The molecule has 1 aliphatic rings. The molecule has 2 aromatic rings. The number of aliphatic hydroxyl groups excluding tert-OH is 1. The second kappa shape index (κ2) is 7.74. The third-order valence-corrected chi connectivity index (χ3v) is 4.77. The number of imide groups is 1. The molecule has 0 aliphatic carbocycles. The van der Waals surface area contributed by atoms with Crippen LogP contribution in [0.2, 0.25) is 0 Å². The molecule has 2 aromatic carbocycles. The third-order valence-electron chi connectivity index (χ3n) is 4.77. The van der Waals surface area contributed by atoms with Crippen molar-refractivity contribution in [1.82, 2.24) is 9.80 Å². The van der Waals surface area contributed by atoms with Crippen molar-refractivity contribution in [1.29, 1.82) is 0 Å². The number of nitrogens with zero attached hydrogens (tertiary/aromatic N) is 2. The number of methoxy groups -OCH3 is 2. The van der Waals surface area contributed by atoms with Gasteiger partial charge in [0, 0.05) is 19.7 Å². The zero-order chi connectivity index (χ0) is 20.4. The number of rotatable bonds is 4. The van der Waals surface area contributed by atoms with E-state index in [0.29, 0.717) is 17.1 Å². The van der Waals surface area contributed by atoms with Gasteiger partial charge in [-0.15, -0.1) is 0 Å². The van der Waals surface area contributed by atoms with Crippen LogP contribution in [0.3, 0.4) is 0 Å². The van der Waals surface area contributed by atoms with E-state index in [4.69, 9.17) is 9.47 Å². The molecule has 0 aromatic heterocycles. The van der Waals surface area contributed by atoms with Crippen molar-refractivity contribution in [2.45, 2.75) is 6.10 Å². The average Bonchev–Trinajstić information content (AvgIpc) is 2.74. The van der Waals surface area contributed by atoms with Gasteiger partial charge in [0.05, 0.1) is 19.9 Å². The van der Waals surface area contributed by atoms with Crippen LogP contribution in [0.5, 0.6) is 11.5 Å². The van der Waals surface area contributed by atoms with Crippen LogP contribution in [0.1, 0.15) is 11.1 Å². The lowest BCUT2D eigenvalue weighted by Crippen LogP contribution is -2.55. The SMILES string of the molecule is COc1ccc(C(=C2C(O)C(=O)N(C)C(=O)N2C)c2ccc(OC)cc2)cc1. The highest BCUT2D eigenvalue weighted by Crippen LogP contribution is 2.34. The number of hydrogen-bond donors (Lipinski definition) is 1. The molecule has 3 rings (SSSR count). The summed E-state index contributed by atoms with van der Waals surface area (Å²) in [7, 11) is 6.03. The Hall–Kier alpha value is -3.32. The van der Waals surface area contributed by atoms with Gasteiger partial charge >= 0.3 is 6.03 Å². The predicted octanol–water partition coefficient (Wildman–Crippen LogP) is 2.35. The Balaban J connectivity index is 2.25. The Morgan fingerprint density at radius 1 is 0.821 bits per heavy atom. The van der Waals surface area contributed by atoms with Crippen LogP contribution >= 0.6 is 0 Å². The average molecular weight is 382 g/mol. The number of amides is 3. The summed E-state index contributed by atoms with van der Waals surface area (Å²) < 4.78 is 10.4. The standard InChI is InChI=1S/C21H22N2O5/c1-22-18(19(24)20(25)23(2)21(22)26)17(13-5-9-15(27-3)10-6-13)14-7-11-16(28-4)12-8-14/h5-12,19,24H,1-4H3. The van der Waals surface area contributed by atoms with E-state index in [2.05, 4.69) is 0 Å². The Labute approximate surface area is 163 Å². The summed E-state index contributed by atoms with van der Waals surface area (Å²) in [5.41, 5.74) is 2.27. The maximum absolute atomic E-state index is 12.5. The van der Waals surface area contributed by atoms with Crippen molar-refractivity contribution in [3.05, 3.63) is 65.4 Å². The largest absolute Gasteiger partial charge is 0.497 e. The van der Waals surface area contributed by atoms with Gasteiger partial charge in [-0.1, -0.05) is 24.3 Å². The Morgan fingerprint density at radius 3 is 1.64 bits per heavy atom. The minimum absolute atomic E-state index is 0.225. The van der Waals surface area contributed by atoms with Gasteiger partial charge in [-0.25, -0.2) is 4.79 Å². The number of aliphatic hydroxyl groups is 1. The van der Waals surface area contributed by atoms with Crippen LogP contribution in [0.25, 0.3) is 5.57 Å². The summed E-state index contributed by atoms with van der Waals surface area (Å²) in [6.45, 7) is 0. The molecule has 3 amide bonds. The zero-order valence-electron chi connectivity index (χ0n) is 16.2. The number of ether oxygens (including phenoxy) is 2. The molecule has 1 heterocycles. The Bertz CT molecular complexity index is 845. The number of urea groups is 1. The molecule has 7 heteroatoms. The van der Waals surface area contributed by atoms with Crippen LogP contribution in [0, 0.1) is 0 Å². The first kappa shape index (κ1) is 19.4. The number of carbonyl (C=O) groups is 2. The quantitative estimate of drug-likeness (QED) is 0.878. The van der Waals surface area contributed by atoms with Crippen LogP contribution in [-0.4, -0.2) is 61.3 Å². The second-order valence-corrected chi connectivity index (χ2v) is 6.36. The summed E-state index contributed by atoms with van der Waals surface area (Å²) in [6.07, 6.45) is -1.47. The molecule has 1 atom stereocenters. The molecular weight excluding hydrogens is 360 g/mol. The van der Waals surface area contributed by atoms with Crippen molar-refractivity contribution in [2.24, 2.45) is 0 Å². The molecule has 0 saturated carbocycles. The topological polar surface area (TPSA) is 79.3 Å². The fraction of sp³-hybridized carbons (Fsp3) is 0.238. The summed E-state index contributed by atoms with van der Waals surface area (Å²) in [6, 6.07) is 13.9. The fourth-order valence-electron chi connectivity index (χ4n) is 3.19. The summed E-state index contributed by atoms with van der Waals surface area (Å²) in [5.74, 6) is 0.678. The van der Waals surface area contributed by atoms with E-state index in [0.717, 1.165) is 16.0 Å². The van der Waals surface area contributed by atoms with Crippen molar-refractivity contribution in [3.63, 3.8) is 0 Å². The van der Waals surface area contributed by atoms with Gasteiger partial charge in [-0.2, -0.15) is 0 Å². The first-order chi connectivity index (χ1) is 13.4. The van der Waals surface area contributed by atoms with Gasteiger partial charge in [-0.05, 0) is 35.4 Å². The Kier molecular flexibility index (Phi) is 5.37. The highest BCUT2D eigenvalue weighted by molar-refractivity contribution is 6.04. The van der Waals surface area contributed by atoms with Gasteiger partial charge < -0.3 is 14.6 Å². The zero-order valence-corrected chi connectivity index (χ0v) is 16.2. The highest BCUT2D eigenvalue weighted by Gasteiger charge is 2.40. The molecule has 1 unspecified atom stereocenters.